The molecule has 11 nitrogen and oxygen atoms in total. The van der Waals surface area contributed by atoms with Crippen LogP contribution < -0.4 is 11.1 Å². The van der Waals surface area contributed by atoms with Gasteiger partial charge in [0.25, 0.3) is 0 Å². The summed E-state index contributed by atoms with van der Waals surface area (Å²) in [7, 11) is 0. The van der Waals surface area contributed by atoms with E-state index in [1.807, 2.05) is 18.2 Å². The second-order valence-electron chi connectivity index (χ2n) is 8.04. The Morgan fingerprint density at radius 3 is 2.33 bits per heavy atom. The van der Waals surface area contributed by atoms with E-state index in [2.05, 4.69) is 38.2 Å². The molecule has 0 radical (unpaired) electrons. The van der Waals surface area contributed by atoms with Crippen molar-refractivity contribution in [3.63, 3.8) is 0 Å². The van der Waals surface area contributed by atoms with E-state index in [1.165, 1.54) is 0 Å². The highest BCUT2D eigenvalue weighted by molar-refractivity contribution is 6.34. The van der Waals surface area contributed by atoms with Crippen molar-refractivity contribution in [3.8, 4) is 0 Å². The van der Waals surface area contributed by atoms with Crippen LogP contribution in [0, 0.1) is 0 Å². The molecule has 2 aromatic rings. The maximum atomic E-state index is 12.6. The van der Waals surface area contributed by atoms with Crippen molar-refractivity contribution in [3.05, 3.63) is 35.7 Å². The fraction of sp³-hybridized carbons (Fsp3) is 0.500. The Kier molecular flexibility index (Phi) is 7.30. The summed E-state index contributed by atoms with van der Waals surface area (Å²) < 4.78 is 5.25. The van der Waals surface area contributed by atoms with Gasteiger partial charge in [-0.3, -0.25) is 14.5 Å². The van der Waals surface area contributed by atoms with Crippen molar-refractivity contribution in [1.29, 1.82) is 0 Å². The highest BCUT2D eigenvalue weighted by atomic mass is 16.5. The summed E-state index contributed by atoms with van der Waals surface area (Å²) in [4.78, 5) is 43.4. The average molecular weight is 455 g/mol. The van der Waals surface area contributed by atoms with E-state index in [9.17, 15) is 9.59 Å². The fourth-order valence-corrected chi connectivity index (χ4v) is 3.98. The van der Waals surface area contributed by atoms with Crippen molar-refractivity contribution in [2.75, 3.05) is 63.5 Å². The van der Waals surface area contributed by atoms with Gasteiger partial charge in [-0.15, -0.1) is 0 Å². The molecule has 2 aliphatic heterocycles. The number of piperazine rings is 1. The zero-order valence-electron chi connectivity index (χ0n) is 18.9. The number of amides is 2. The van der Waals surface area contributed by atoms with Crippen LogP contribution in [-0.4, -0.2) is 93.9 Å². The molecule has 3 heterocycles. The summed E-state index contributed by atoms with van der Waals surface area (Å²) >= 11 is 0. The van der Waals surface area contributed by atoms with E-state index in [4.69, 9.17) is 10.5 Å². The molecule has 2 fully saturated rings. The van der Waals surface area contributed by atoms with E-state index in [1.54, 1.807) is 9.80 Å². The lowest BCUT2D eigenvalue weighted by Crippen LogP contribution is -2.54. The number of para-hydroxylation sites is 1. The number of carbonyl (C=O) groups excluding carboxylic acids is 2. The molecule has 0 atom stereocenters. The monoisotopic (exact) mass is 454 g/mol. The van der Waals surface area contributed by atoms with Crippen LogP contribution in [0.1, 0.15) is 18.3 Å². The predicted octanol–water partition coefficient (Wildman–Crippen LogP) is 0.263. The number of anilines is 3. The first kappa shape index (κ1) is 22.9. The largest absolute Gasteiger partial charge is 0.378 e. The second-order valence-corrected chi connectivity index (χ2v) is 8.04. The zero-order valence-corrected chi connectivity index (χ0v) is 18.9. The molecule has 176 valence electrons. The summed E-state index contributed by atoms with van der Waals surface area (Å²) in [5, 5.41) is 3.24. The Balaban J connectivity index is 1.33. The number of hydrogen-bond acceptors (Lipinski definition) is 9. The SMILES string of the molecule is CCc1ccccc1Nc1nc(N)nc(CN2CCN(C(=O)C(=O)N3CCOCC3)CC2)n1. The highest BCUT2D eigenvalue weighted by Crippen LogP contribution is 2.19. The van der Waals surface area contributed by atoms with Crippen LogP contribution in [-0.2, 0) is 27.3 Å². The van der Waals surface area contributed by atoms with Crippen molar-refractivity contribution in [2.24, 2.45) is 0 Å². The van der Waals surface area contributed by atoms with Crippen molar-refractivity contribution in [2.45, 2.75) is 19.9 Å². The van der Waals surface area contributed by atoms with Gasteiger partial charge in [-0.2, -0.15) is 15.0 Å². The highest BCUT2D eigenvalue weighted by Gasteiger charge is 2.30. The molecule has 0 spiro atoms. The minimum atomic E-state index is -0.444. The number of nitrogens with two attached hydrogens (primary N) is 1. The standard InChI is InChI=1S/C22H30N8O3/c1-2-16-5-3-4-6-17(16)24-22-26-18(25-21(23)27-22)15-28-7-9-29(10-8-28)19(31)20(32)30-11-13-33-14-12-30/h3-6H,2,7-15H2,1H3,(H3,23,24,25,26,27). The molecular weight excluding hydrogens is 424 g/mol. The molecule has 1 aromatic heterocycles. The lowest BCUT2D eigenvalue weighted by molar-refractivity contribution is -0.155. The van der Waals surface area contributed by atoms with Gasteiger partial charge in [0.15, 0.2) is 0 Å². The van der Waals surface area contributed by atoms with Crippen molar-refractivity contribution in [1.82, 2.24) is 29.7 Å². The van der Waals surface area contributed by atoms with Gasteiger partial charge < -0.3 is 25.6 Å². The Labute approximate surface area is 192 Å². The summed E-state index contributed by atoms with van der Waals surface area (Å²) in [6.07, 6.45) is 0.883. The van der Waals surface area contributed by atoms with Gasteiger partial charge in [0, 0.05) is 45.0 Å². The molecule has 4 rings (SSSR count). The number of hydrogen-bond donors (Lipinski definition) is 2. The quantitative estimate of drug-likeness (QED) is 0.611. The van der Waals surface area contributed by atoms with Crippen molar-refractivity contribution >= 4 is 29.4 Å². The summed E-state index contributed by atoms with van der Waals surface area (Å²) in [5.74, 6) is 0.231. The number of rotatable bonds is 5. The van der Waals surface area contributed by atoms with E-state index in [-0.39, 0.29) is 5.95 Å². The molecule has 0 bridgehead atoms. The molecule has 2 aliphatic rings. The van der Waals surface area contributed by atoms with Crippen molar-refractivity contribution < 1.29 is 14.3 Å². The third-order valence-corrected chi connectivity index (χ3v) is 5.85. The number of aromatic nitrogens is 3. The molecule has 1 aromatic carbocycles. The molecule has 2 amide bonds. The lowest BCUT2D eigenvalue weighted by atomic mass is 10.1. The minimum absolute atomic E-state index is 0.154. The Morgan fingerprint density at radius 2 is 1.64 bits per heavy atom. The van der Waals surface area contributed by atoms with Gasteiger partial charge >= 0.3 is 11.8 Å². The normalized spacial score (nSPS) is 17.1. The maximum Gasteiger partial charge on any atom is 0.312 e. The molecule has 0 aliphatic carbocycles. The van der Waals surface area contributed by atoms with Gasteiger partial charge in [0.1, 0.15) is 5.82 Å². The first-order valence-electron chi connectivity index (χ1n) is 11.3. The van der Waals surface area contributed by atoms with Crippen LogP contribution in [0.25, 0.3) is 0 Å². The van der Waals surface area contributed by atoms with Gasteiger partial charge in [-0.05, 0) is 18.1 Å². The first-order chi connectivity index (χ1) is 16.0. The number of aryl methyl sites for hydroxylation is 1. The van der Waals surface area contributed by atoms with Crippen LogP contribution in [0.15, 0.2) is 24.3 Å². The van der Waals surface area contributed by atoms with Gasteiger partial charge in [0.2, 0.25) is 11.9 Å². The maximum absolute atomic E-state index is 12.6. The number of nitrogens with one attached hydrogen (secondary N) is 1. The molecule has 33 heavy (non-hydrogen) atoms. The molecule has 0 unspecified atom stereocenters. The van der Waals surface area contributed by atoms with E-state index >= 15 is 0 Å². The zero-order chi connectivity index (χ0) is 23.2. The summed E-state index contributed by atoms with van der Waals surface area (Å²) in [6.45, 7) is 6.64. The van der Waals surface area contributed by atoms with Gasteiger partial charge in [-0.25, -0.2) is 0 Å². The third-order valence-electron chi connectivity index (χ3n) is 5.85. The molecule has 3 N–H and O–H groups in total. The molecule has 2 saturated heterocycles. The van der Waals surface area contributed by atoms with Crippen LogP contribution in [0.2, 0.25) is 0 Å². The number of benzene rings is 1. The second kappa shape index (κ2) is 10.5. The topological polar surface area (TPSA) is 130 Å². The van der Waals surface area contributed by atoms with E-state index in [0.717, 1.165) is 17.7 Å². The average Bonchev–Trinajstić information content (AvgIpc) is 2.84. The van der Waals surface area contributed by atoms with E-state index in [0.29, 0.717) is 70.8 Å². The molecule has 11 heteroatoms. The summed E-state index contributed by atoms with van der Waals surface area (Å²) in [5.41, 5.74) is 8.03. The van der Waals surface area contributed by atoms with E-state index < -0.39 is 11.8 Å². The van der Waals surface area contributed by atoms with Crippen LogP contribution in [0.4, 0.5) is 17.6 Å². The Morgan fingerprint density at radius 1 is 0.970 bits per heavy atom. The lowest BCUT2D eigenvalue weighted by Gasteiger charge is -2.35. The Hall–Kier alpha value is -3.31. The first-order valence-corrected chi connectivity index (χ1v) is 11.3. The smallest absolute Gasteiger partial charge is 0.312 e. The van der Waals surface area contributed by atoms with Crippen LogP contribution in [0.3, 0.4) is 0 Å². The number of nitrogen functional groups attached to an aromatic ring is 1. The molecular formula is C22H30N8O3. The Bertz CT molecular complexity index is 987. The third kappa shape index (κ3) is 5.74. The number of nitrogens with zero attached hydrogens (tertiary/aromatic N) is 6. The predicted molar refractivity (Wildman–Crippen MR) is 123 cm³/mol. The number of ether oxygens (including phenoxy) is 1. The number of carbonyl (C=O) groups is 2. The fourth-order valence-electron chi connectivity index (χ4n) is 3.98. The van der Waals surface area contributed by atoms with Crippen LogP contribution in [0.5, 0.6) is 0 Å². The van der Waals surface area contributed by atoms with Gasteiger partial charge in [0.05, 0.1) is 19.8 Å². The molecule has 0 saturated carbocycles. The minimum Gasteiger partial charge on any atom is -0.378 e. The van der Waals surface area contributed by atoms with Crippen LogP contribution >= 0.6 is 0 Å². The summed E-state index contributed by atoms with van der Waals surface area (Å²) in [6, 6.07) is 7.99. The number of morpholine rings is 1. The van der Waals surface area contributed by atoms with Gasteiger partial charge in [-0.1, -0.05) is 25.1 Å².